The Morgan fingerprint density at radius 3 is 2.71 bits per heavy atom. The Hall–Kier alpha value is -2.73. The number of allylic oxidation sites excluding steroid dienone is 2. The molecule has 0 spiro atoms. The van der Waals surface area contributed by atoms with E-state index in [4.69, 9.17) is 5.11 Å². The van der Waals surface area contributed by atoms with Gasteiger partial charge < -0.3 is 15.7 Å². The predicted octanol–water partition coefficient (Wildman–Crippen LogP) is 5.33. The lowest BCUT2D eigenvalue weighted by Crippen LogP contribution is -2.11. The van der Waals surface area contributed by atoms with Gasteiger partial charge in [-0.1, -0.05) is 37.4 Å². The highest BCUT2D eigenvalue weighted by molar-refractivity contribution is 7.99. The first-order chi connectivity index (χ1) is 13.5. The number of aliphatic carboxylic acids is 1. The van der Waals surface area contributed by atoms with Crippen molar-refractivity contribution in [3.8, 4) is 0 Å². The standard InChI is InChI=1S/C18H19FN2O2S.C4H6/c19-15-10-14(4-2-13(15)3-6-18(22)23)21-11-12-1-5-17-16(9-12)20-7-8-24-17;1-3-4-2/h1-2,4-5,9-10,20-21H,3,6-8,11H2,(H,22,23);3-4H,1-2H2. The van der Waals surface area contributed by atoms with Crippen LogP contribution in [-0.2, 0) is 17.8 Å². The average Bonchev–Trinajstić information content (AvgIpc) is 2.71. The van der Waals surface area contributed by atoms with Gasteiger partial charge in [0.15, 0.2) is 0 Å². The van der Waals surface area contributed by atoms with Crippen molar-refractivity contribution in [2.75, 3.05) is 22.9 Å². The third kappa shape index (κ3) is 6.78. The number of hydrogen-bond acceptors (Lipinski definition) is 4. The van der Waals surface area contributed by atoms with Gasteiger partial charge in [0.2, 0.25) is 0 Å². The highest BCUT2D eigenvalue weighted by Crippen LogP contribution is 2.31. The van der Waals surface area contributed by atoms with E-state index in [2.05, 4.69) is 42.0 Å². The topological polar surface area (TPSA) is 61.4 Å². The van der Waals surface area contributed by atoms with Gasteiger partial charge in [0.05, 0.1) is 0 Å². The fourth-order valence-electron chi connectivity index (χ4n) is 2.60. The van der Waals surface area contributed by atoms with E-state index < -0.39 is 5.97 Å². The van der Waals surface area contributed by atoms with Crippen molar-refractivity contribution in [1.29, 1.82) is 0 Å². The Balaban J connectivity index is 0.000000640. The summed E-state index contributed by atoms with van der Waals surface area (Å²) in [4.78, 5) is 11.8. The smallest absolute Gasteiger partial charge is 0.303 e. The predicted molar refractivity (Wildman–Crippen MR) is 116 cm³/mol. The van der Waals surface area contributed by atoms with Gasteiger partial charge in [-0.15, -0.1) is 11.8 Å². The van der Waals surface area contributed by atoms with Crippen LogP contribution in [0.1, 0.15) is 17.5 Å². The molecule has 148 valence electrons. The molecule has 0 fully saturated rings. The van der Waals surface area contributed by atoms with Crippen LogP contribution in [0.5, 0.6) is 0 Å². The van der Waals surface area contributed by atoms with Crippen LogP contribution in [0.15, 0.2) is 66.6 Å². The van der Waals surface area contributed by atoms with Crippen LogP contribution < -0.4 is 10.6 Å². The molecule has 28 heavy (non-hydrogen) atoms. The zero-order chi connectivity index (χ0) is 20.4. The first kappa shape index (κ1) is 21.6. The van der Waals surface area contributed by atoms with E-state index in [0.29, 0.717) is 17.8 Å². The molecule has 1 aliphatic rings. The average molecular weight is 401 g/mol. The maximum Gasteiger partial charge on any atom is 0.303 e. The van der Waals surface area contributed by atoms with Gasteiger partial charge in [-0.2, -0.15) is 0 Å². The zero-order valence-electron chi connectivity index (χ0n) is 15.7. The number of rotatable bonds is 7. The molecule has 2 aromatic carbocycles. The highest BCUT2D eigenvalue weighted by Gasteiger charge is 2.10. The number of anilines is 2. The largest absolute Gasteiger partial charge is 0.481 e. The van der Waals surface area contributed by atoms with Gasteiger partial charge in [-0.25, -0.2) is 4.39 Å². The minimum atomic E-state index is -0.921. The van der Waals surface area contributed by atoms with E-state index in [1.165, 1.54) is 11.0 Å². The van der Waals surface area contributed by atoms with Gasteiger partial charge in [0.1, 0.15) is 5.82 Å². The third-order valence-corrected chi connectivity index (χ3v) is 5.12. The summed E-state index contributed by atoms with van der Waals surface area (Å²) >= 11 is 1.85. The summed E-state index contributed by atoms with van der Waals surface area (Å²) in [5.74, 6) is -0.210. The summed E-state index contributed by atoms with van der Waals surface area (Å²) in [6.07, 6.45) is 3.42. The number of benzene rings is 2. The van der Waals surface area contributed by atoms with Gasteiger partial charge in [0.25, 0.3) is 0 Å². The van der Waals surface area contributed by atoms with Crippen molar-refractivity contribution in [2.24, 2.45) is 0 Å². The van der Waals surface area contributed by atoms with E-state index in [0.717, 1.165) is 23.5 Å². The molecule has 0 unspecified atom stereocenters. The number of carboxylic acids is 1. The maximum atomic E-state index is 14.0. The quantitative estimate of drug-likeness (QED) is 0.548. The molecule has 3 rings (SSSR count). The van der Waals surface area contributed by atoms with Crippen molar-refractivity contribution in [2.45, 2.75) is 24.3 Å². The summed E-state index contributed by atoms with van der Waals surface area (Å²) in [6.45, 7) is 8.30. The van der Waals surface area contributed by atoms with Gasteiger partial charge in [0, 0.05) is 41.5 Å². The highest BCUT2D eigenvalue weighted by atomic mass is 32.2. The van der Waals surface area contributed by atoms with E-state index >= 15 is 0 Å². The van der Waals surface area contributed by atoms with E-state index in [9.17, 15) is 9.18 Å². The lowest BCUT2D eigenvalue weighted by Gasteiger charge is -2.18. The molecule has 3 N–H and O–H groups in total. The van der Waals surface area contributed by atoms with Crippen LogP contribution in [-0.4, -0.2) is 23.4 Å². The Morgan fingerprint density at radius 2 is 2.04 bits per heavy atom. The number of carboxylic acid groups (broad SMARTS) is 1. The maximum absolute atomic E-state index is 14.0. The van der Waals surface area contributed by atoms with Crippen molar-refractivity contribution in [3.05, 3.63) is 78.7 Å². The molecule has 6 heteroatoms. The molecular weight excluding hydrogens is 375 g/mol. The summed E-state index contributed by atoms with van der Waals surface area (Å²) < 4.78 is 14.0. The Bertz CT molecular complexity index is 833. The Labute approximate surface area is 169 Å². The Morgan fingerprint density at radius 1 is 1.25 bits per heavy atom. The zero-order valence-corrected chi connectivity index (χ0v) is 16.5. The molecule has 0 bridgehead atoms. The summed E-state index contributed by atoms with van der Waals surface area (Å²) in [5.41, 5.74) is 3.39. The molecule has 0 radical (unpaired) electrons. The van der Waals surface area contributed by atoms with E-state index in [1.54, 1.807) is 24.3 Å². The fraction of sp³-hybridized carbons (Fsp3) is 0.227. The number of aryl methyl sites for hydroxylation is 1. The van der Waals surface area contributed by atoms with Crippen molar-refractivity contribution < 1.29 is 14.3 Å². The van der Waals surface area contributed by atoms with Crippen LogP contribution in [0.4, 0.5) is 15.8 Å². The number of carbonyl (C=O) groups is 1. The monoisotopic (exact) mass is 400 g/mol. The first-order valence-electron chi connectivity index (χ1n) is 9.00. The van der Waals surface area contributed by atoms with Crippen molar-refractivity contribution >= 4 is 29.1 Å². The molecule has 0 saturated heterocycles. The first-order valence-corrected chi connectivity index (χ1v) is 9.99. The molecule has 2 aromatic rings. The number of nitrogens with one attached hydrogen (secondary N) is 2. The normalized spacial score (nSPS) is 11.9. The molecule has 0 aromatic heterocycles. The lowest BCUT2D eigenvalue weighted by atomic mass is 10.1. The molecule has 4 nitrogen and oxygen atoms in total. The fourth-order valence-corrected chi connectivity index (χ4v) is 3.48. The van der Waals surface area contributed by atoms with E-state index in [1.807, 2.05) is 11.8 Å². The minimum absolute atomic E-state index is 0.0656. The van der Waals surface area contributed by atoms with Crippen LogP contribution in [0.3, 0.4) is 0 Å². The molecular formula is C22H25FN2O2S. The van der Waals surface area contributed by atoms with Crippen molar-refractivity contribution in [3.63, 3.8) is 0 Å². The van der Waals surface area contributed by atoms with Crippen LogP contribution in [0.2, 0.25) is 0 Å². The third-order valence-electron chi connectivity index (χ3n) is 4.04. The molecule has 1 heterocycles. The molecule has 1 aliphatic heterocycles. The summed E-state index contributed by atoms with van der Waals surface area (Å²) in [7, 11) is 0. The van der Waals surface area contributed by atoms with Gasteiger partial charge in [-0.05, 0) is 41.8 Å². The second-order valence-electron chi connectivity index (χ2n) is 6.13. The number of halogens is 1. The minimum Gasteiger partial charge on any atom is -0.481 e. The van der Waals surface area contributed by atoms with Crippen LogP contribution in [0, 0.1) is 5.82 Å². The number of hydrogen-bond donors (Lipinski definition) is 3. The Kier molecular flexibility index (Phi) is 8.62. The van der Waals surface area contributed by atoms with Crippen LogP contribution >= 0.6 is 11.8 Å². The molecule has 0 atom stereocenters. The van der Waals surface area contributed by atoms with E-state index in [-0.39, 0.29) is 18.7 Å². The van der Waals surface area contributed by atoms with Crippen LogP contribution in [0.25, 0.3) is 0 Å². The summed E-state index contributed by atoms with van der Waals surface area (Å²) in [6, 6.07) is 11.1. The van der Waals surface area contributed by atoms with Gasteiger partial charge >= 0.3 is 5.97 Å². The lowest BCUT2D eigenvalue weighted by molar-refractivity contribution is -0.136. The molecule has 0 aliphatic carbocycles. The molecule has 0 saturated carbocycles. The molecule has 0 amide bonds. The summed E-state index contributed by atoms with van der Waals surface area (Å²) in [5, 5.41) is 15.3. The SMILES string of the molecule is C=CC=C.O=C(O)CCc1ccc(NCc2ccc3c(c2)NCCS3)cc1F. The second-order valence-corrected chi connectivity index (χ2v) is 7.27. The number of fused-ring (bicyclic) bond motifs is 1. The number of thioether (sulfide) groups is 1. The van der Waals surface area contributed by atoms with Gasteiger partial charge in [-0.3, -0.25) is 4.79 Å². The second kappa shape index (κ2) is 11.2. The van der Waals surface area contributed by atoms with Crippen molar-refractivity contribution in [1.82, 2.24) is 0 Å².